The molecule has 1 aromatic heterocycles. The number of aromatic amines is 1. The zero-order valence-electron chi connectivity index (χ0n) is 17.8. The Balaban J connectivity index is 1.88. The molecule has 162 valence electrons. The summed E-state index contributed by atoms with van der Waals surface area (Å²) in [5.74, 6) is -0.522. The molecule has 1 aromatic carbocycles. The number of fused-ring (bicyclic) bond motifs is 1. The first-order chi connectivity index (χ1) is 15.0. The number of anilines is 2. The number of benzene rings is 1. The van der Waals surface area contributed by atoms with E-state index < -0.39 is 17.7 Å². The highest BCUT2D eigenvalue weighted by Gasteiger charge is 2.42. The van der Waals surface area contributed by atoms with Crippen molar-refractivity contribution >= 4 is 17.7 Å². The summed E-state index contributed by atoms with van der Waals surface area (Å²) in [5.41, 5.74) is 0.385. The maximum Gasteiger partial charge on any atom is 0.258 e. The number of rotatable bonds is 4. The van der Waals surface area contributed by atoms with Crippen LogP contribution in [0.4, 0.5) is 11.8 Å². The number of H-pyrrole nitrogens is 1. The minimum atomic E-state index is -1.11. The molecule has 0 spiro atoms. The molecule has 2 aromatic rings. The van der Waals surface area contributed by atoms with Crippen LogP contribution in [0.15, 0.2) is 23.0 Å². The lowest BCUT2D eigenvalue weighted by atomic mass is 9.78. The summed E-state index contributed by atoms with van der Waals surface area (Å²) < 4.78 is 10.9. The van der Waals surface area contributed by atoms with E-state index in [-0.39, 0.29) is 16.9 Å². The number of para-hydroxylation sites is 1. The smallest absolute Gasteiger partial charge is 0.258 e. The molecular weight excluding hydrogens is 398 g/mol. The molecule has 2 aliphatic rings. The Bertz CT molecular complexity index is 1110. The van der Waals surface area contributed by atoms with Gasteiger partial charge in [-0.15, -0.1) is 0 Å². The number of nitrogens with zero attached hydrogens (tertiary/aromatic N) is 3. The zero-order valence-corrected chi connectivity index (χ0v) is 17.8. The van der Waals surface area contributed by atoms with Gasteiger partial charge in [-0.05, 0) is 24.8 Å². The topological polar surface area (TPSA) is 120 Å². The Kier molecular flexibility index (Phi) is 5.55. The van der Waals surface area contributed by atoms with E-state index in [1.165, 1.54) is 14.2 Å². The highest BCUT2D eigenvalue weighted by molar-refractivity contribution is 5.98. The number of ether oxygens (including phenoxy) is 2. The molecule has 4 rings (SSSR count). The van der Waals surface area contributed by atoms with Gasteiger partial charge >= 0.3 is 0 Å². The van der Waals surface area contributed by atoms with Crippen LogP contribution in [-0.4, -0.2) is 43.2 Å². The van der Waals surface area contributed by atoms with E-state index in [1.54, 1.807) is 18.2 Å². The van der Waals surface area contributed by atoms with E-state index in [0.29, 0.717) is 28.9 Å². The Morgan fingerprint density at radius 2 is 2.06 bits per heavy atom. The lowest BCUT2D eigenvalue weighted by Crippen LogP contribution is -2.41. The number of nitrogens with one attached hydrogen (secondary N) is 2. The molecule has 31 heavy (non-hydrogen) atoms. The van der Waals surface area contributed by atoms with E-state index in [9.17, 15) is 14.9 Å². The van der Waals surface area contributed by atoms with Crippen LogP contribution >= 0.6 is 0 Å². The highest BCUT2D eigenvalue weighted by atomic mass is 16.5. The van der Waals surface area contributed by atoms with Crippen LogP contribution in [-0.2, 0) is 4.79 Å². The van der Waals surface area contributed by atoms with E-state index in [1.807, 2.05) is 11.0 Å². The van der Waals surface area contributed by atoms with Gasteiger partial charge in [0, 0.05) is 24.6 Å². The summed E-state index contributed by atoms with van der Waals surface area (Å²) in [5, 5.41) is 12.4. The summed E-state index contributed by atoms with van der Waals surface area (Å²) in [6, 6.07) is 7.24. The third kappa shape index (κ3) is 3.58. The first-order valence-electron chi connectivity index (χ1n) is 10.3. The molecule has 1 amide bonds. The van der Waals surface area contributed by atoms with Crippen LogP contribution in [0, 0.1) is 23.2 Å². The van der Waals surface area contributed by atoms with Crippen molar-refractivity contribution in [1.29, 1.82) is 5.26 Å². The van der Waals surface area contributed by atoms with Crippen LogP contribution in [0.3, 0.4) is 0 Å². The molecule has 3 atom stereocenters. The van der Waals surface area contributed by atoms with Crippen molar-refractivity contribution in [3.63, 3.8) is 0 Å². The van der Waals surface area contributed by atoms with Crippen molar-refractivity contribution < 1.29 is 14.3 Å². The molecule has 0 aliphatic carbocycles. The second-order valence-electron chi connectivity index (χ2n) is 8.00. The molecule has 0 bridgehead atoms. The second kappa shape index (κ2) is 8.30. The molecule has 2 aliphatic heterocycles. The Labute approximate surface area is 180 Å². The number of carbonyl (C=O) groups excluding carboxylic acids is 1. The lowest BCUT2D eigenvalue weighted by Gasteiger charge is -2.33. The second-order valence-corrected chi connectivity index (χ2v) is 8.00. The molecule has 0 radical (unpaired) electrons. The van der Waals surface area contributed by atoms with Gasteiger partial charge in [-0.2, -0.15) is 10.2 Å². The van der Waals surface area contributed by atoms with E-state index in [4.69, 9.17) is 9.47 Å². The molecule has 0 saturated carbocycles. The van der Waals surface area contributed by atoms with Gasteiger partial charge in [0.05, 0.1) is 25.9 Å². The van der Waals surface area contributed by atoms with E-state index in [0.717, 1.165) is 25.9 Å². The van der Waals surface area contributed by atoms with Gasteiger partial charge < -0.3 is 19.7 Å². The number of hydrogen-bond acceptors (Lipinski definition) is 7. The fraction of sp³-hybridized carbons (Fsp3) is 0.455. The monoisotopic (exact) mass is 423 g/mol. The highest BCUT2D eigenvalue weighted by Crippen LogP contribution is 2.44. The predicted octanol–water partition coefficient (Wildman–Crippen LogP) is 2.25. The molecule has 2 N–H and O–H groups in total. The van der Waals surface area contributed by atoms with Gasteiger partial charge in [-0.1, -0.05) is 19.1 Å². The average molecular weight is 423 g/mol. The van der Waals surface area contributed by atoms with Crippen molar-refractivity contribution in [1.82, 2.24) is 9.97 Å². The number of methoxy groups -OCH3 is 2. The average Bonchev–Trinajstić information content (AvgIpc) is 2.77. The van der Waals surface area contributed by atoms with Crippen molar-refractivity contribution in [3.8, 4) is 17.6 Å². The standard InChI is InChI=1S/C22H25N5O4/c1-12-6-5-9-27(11-12)22-25-19-17(21(29)26-22)16(14(10-23)20(28)24-19)13-7-4-8-15(30-2)18(13)31-3/h4,7-8,12,14,16H,5-6,9,11H2,1-3H3,(H2,24,25,26,28,29). The summed E-state index contributed by atoms with van der Waals surface area (Å²) >= 11 is 0. The van der Waals surface area contributed by atoms with Gasteiger partial charge in [0.2, 0.25) is 11.9 Å². The largest absolute Gasteiger partial charge is 0.493 e. The summed E-state index contributed by atoms with van der Waals surface area (Å²) in [4.78, 5) is 35.6. The maximum absolute atomic E-state index is 13.3. The SMILES string of the molecule is COc1cccc(C2c3c(nc(N4CCCC(C)C4)[nH]c3=O)NC(=O)C2C#N)c1OC. The van der Waals surface area contributed by atoms with E-state index in [2.05, 4.69) is 22.2 Å². The lowest BCUT2D eigenvalue weighted by molar-refractivity contribution is -0.119. The molecule has 3 unspecified atom stereocenters. The minimum Gasteiger partial charge on any atom is -0.493 e. The Morgan fingerprint density at radius 1 is 1.26 bits per heavy atom. The summed E-state index contributed by atoms with van der Waals surface area (Å²) in [6.07, 6.45) is 2.14. The minimum absolute atomic E-state index is 0.184. The van der Waals surface area contributed by atoms with Crippen LogP contribution in [0.1, 0.15) is 36.8 Å². The van der Waals surface area contributed by atoms with Gasteiger partial charge in [-0.25, -0.2) is 0 Å². The normalized spacial score (nSPS) is 22.8. The number of nitriles is 1. The first-order valence-corrected chi connectivity index (χ1v) is 10.3. The molecule has 9 heteroatoms. The van der Waals surface area contributed by atoms with Crippen molar-refractivity contribution in [2.24, 2.45) is 11.8 Å². The van der Waals surface area contributed by atoms with Crippen LogP contribution in [0.5, 0.6) is 11.5 Å². The summed E-state index contributed by atoms with van der Waals surface area (Å²) in [6.45, 7) is 3.73. The Hall–Kier alpha value is -3.54. The van der Waals surface area contributed by atoms with Crippen LogP contribution < -0.4 is 25.2 Å². The molecular formula is C22H25N5O4. The molecule has 1 fully saturated rings. The fourth-order valence-corrected chi connectivity index (χ4v) is 4.52. The van der Waals surface area contributed by atoms with Gasteiger partial charge in [0.25, 0.3) is 5.56 Å². The number of piperidine rings is 1. The number of hydrogen-bond donors (Lipinski definition) is 2. The van der Waals surface area contributed by atoms with Crippen molar-refractivity contribution in [2.75, 3.05) is 37.5 Å². The Morgan fingerprint density at radius 3 is 2.74 bits per heavy atom. The van der Waals surface area contributed by atoms with Gasteiger partial charge in [0.15, 0.2) is 11.5 Å². The fourth-order valence-electron chi connectivity index (χ4n) is 4.52. The molecule has 1 saturated heterocycles. The maximum atomic E-state index is 13.3. The van der Waals surface area contributed by atoms with Gasteiger partial charge in [-0.3, -0.25) is 14.6 Å². The van der Waals surface area contributed by atoms with Gasteiger partial charge in [0.1, 0.15) is 11.7 Å². The van der Waals surface area contributed by atoms with Crippen molar-refractivity contribution in [3.05, 3.63) is 39.7 Å². The molecule has 9 nitrogen and oxygen atoms in total. The summed E-state index contributed by atoms with van der Waals surface area (Å²) in [7, 11) is 2.99. The predicted molar refractivity (Wildman–Crippen MR) is 115 cm³/mol. The van der Waals surface area contributed by atoms with Crippen molar-refractivity contribution in [2.45, 2.75) is 25.7 Å². The van der Waals surface area contributed by atoms with E-state index >= 15 is 0 Å². The number of amides is 1. The first kappa shape index (κ1) is 20.7. The number of carbonyl (C=O) groups is 1. The molecule has 3 heterocycles. The van der Waals surface area contributed by atoms with Crippen LogP contribution in [0.25, 0.3) is 0 Å². The zero-order chi connectivity index (χ0) is 22.1. The van der Waals surface area contributed by atoms with Crippen LogP contribution in [0.2, 0.25) is 0 Å². The number of aromatic nitrogens is 2. The third-order valence-corrected chi connectivity index (χ3v) is 5.98. The third-order valence-electron chi connectivity index (χ3n) is 5.98. The quantitative estimate of drug-likeness (QED) is 0.774.